The zero-order valence-corrected chi connectivity index (χ0v) is 21.7. The lowest BCUT2D eigenvalue weighted by Crippen LogP contribution is -2.27. The lowest BCUT2D eigenvalue weighted by atomic mass is 10.0. The predicted molar refractivity (Wildman–Crippen MR) is 138 cm³/mol. The van der Waals surface area contributed by atoms with Gasteiger partial charge in [0.2, 0.25) is 0 Å². The highest BCUT2D eigenvalue weighted by atomic mass is 32.1. The molecule has 4 nitrogen and oxygen atoms in total. The zero-order valence-electron chi connectivity index (χ0n) is 20.1. The number of hydrogen-bond donors (Lipinski definition) is 2. The monoisotopic (exact) mass is 460 g/mol. The van der Waals surface area contributed by atoms with Crippen molar-refractivity contribution in [1.29, 1.82) is 0 Å². The van der Waals surface area contributed by atoms with Gasteiger partial charge in [-0.15, -0.1) is 0 Å². The number of unbranched alkanes of at least 4 members (excludes halogenated alkanes) is 5. The summed E-state index contributed by atoms with van der Waals surface area (Å²) in [4.78, 5) is 0. The topological polar surface area (TPSA) is 42.5 Å². The number of thiocarbonyl (C=S) groups is 2. The Morgan fingerprint density at radius 3 is 1.37 bits per heavy atom. The second-order valence-corrected chi connectivity index (χ2v) is 9.04. The first kappa shape index (κ1) is 29.4. The van der Waals surface area contributed by atoms with Gasteiger partial charge in [-0.25, -0.2) is 0 Å². The Morgan fingerprint density at radius 2 is 1.03 bits per heavy atom. The van der Waals surface area contributed by atoms with Gasteiger partial charge >= 0.3 is 0 Å². The van der Waals surface area contributed by atoms with E-state index in [0.29, 0.717) is 22.2 Å². The molecule has 0 aromatic heterocycles. The highest BCUT2D eigenvalue weighted by Gasteiger charge is 2.08. The molecule has 0 bridgehead atoms. The fourth-order valence-electron chi connectivity index (χ4n) is 3.27. The van der Waals surface area contributed by atoms with Crippen LogP contribution in [0.5, 0.6) is 0 Å². The number of rotatable bonds is 19. The second-order valence-electron chi connectivity index (χ2n) is 8.30. The van der Waals surface area contributed by atoms with Crippen LogP contribution in [0, 0.1) is 11.8 Å². The van der Waals surface area contributed by atoms with Gasteiger partial charge in [-0.2, -0.15) is 0 Å². The molecule has 0 rings (SSSR count). The van der Waals surface area contributed by atoms with Crippen molar-refractivity contribution in [2.75, 3.05) is 26.3 Å². The van der Waals surface area contributed by atoms with Crippen molar-refractivity contribution in [2.24, 2.45) is 11.8 Å². The Labute approximate surface area is 197 Å². The predicted octanol–water partition coefficient (Wildman–Crippen LogP) is 6.76. The van der Waals surface area contributed by atoms with Crippen molar-refractivity contribution in [3.8, 4) is 0 Å². The summed E-state index contributed by atoms with van der Waals surface area (Å²) in [6.45, 7) is 12.2. The lowest BCUT2D eigenvalue weighted by molar-refractivity contribution is 0.219. The highest BCUT2D eigenvalue weighted by Crippen LogP contribution is 2.13. The van der Waals surface area contributed by atoms with Crippen LogP contribution in [0.1, 0.15) is 105 Å². The molecular formula is C24H48N2O2S2. The molecule has 2 N–H and O–H groups in total. The summed E-state index contributed by atoms with van der Waals surface area (Å²) in [5.74, 6) is 1.24. The zero-order chi connectivity index (χ0) is 22.5. The van der Waals surface area contributed by atoms with Crippen molar-refractivity contribution >= 4 is 34.8 Å². The van der Waals surface area contributed by atoms with Crippen LogP contribution < -0.4 is 10.6 Å². The van der Waals surface area contributed by atoms with Gasteiger partial charge in [0, 0.05) is 13.1 Å². The van der Waals surface area contributed by atoms with E-state index in [2.05, 4.69) is 38.3 Å². The van der Waals surface area contributed by atoms with E-state index in [1.807, 2.05) is 0 Å². The SMILES string of the molecule is CCCCC(CC)COC(=S)NCCCCCCNC(=S)OCC(CC)CCCC. The third-order valence-corrected chi connectivity index (χ3v) is 6.15. The van der Waals surface area contributed by atoms with Crippen LogP contribution >= 0.6 is 24.4 Å². The summed E-state index contributed by atoms with van der Waals surface area (Å²) in [6, 6.07) is 0. The van der Waals surface area contributed by atoms with E-state index in [1.165, 1.54) is 51.4 Å². The van der Waals surface area contributed by atoms with Gasteiger partial charge in [-0.05, 0) is 62.0 Å². The van der Waals surface area contributed by atoms with Crippen molar-refractivity contribution in [3.05, 3.63) is 0 Å². The molecule has 0 amide bonds. The minimum absolute atomic E-state index is 0.554. The normalized spacial score (nSPS) is 12.8. The first-order valence-corrected chi connectivity index (χ1v) is 13.2. The van der Waals surface area contributed by atoms with Crippen LogP contribution in [0.4, 0.5) is 0 Å². The maximum atomic E-state index is 5.72. The molecule has 0 aliphatic heterocycles. The molecule has 0 spiro atoms. The summed E-state index contributed by atoms with van der Waals surface area (Å²) in [7, 11) is 0. The Balaban J connectivity index is 3.56. The largest absolute Gasteiger partial charge is 0.471 e. The smallest absolute Gasteiger partial charge is 0.256 e. The molecule has 6 heteroatoms. The van der Waals surface area contributed by atoms with Crippen molar-refractivity contribution in [3.63, 3.8) is 0 Å². The second kappa shape index (κ2) is 21.6. The number of ether oxygens (including phenoxy) is 2. The summed E-state index contributed by atoms with van der Waals surface area (Å²) >= 11 is 10.6. The van der Waals surface area contributed by atoms with E-state index in [9.17, 15) is 0 Å². The molecule has 0 aromatic carbocycles. The number of hydrogen-bond acceptors (Lipinski definition) is 4. The van der Waals surface area contributed by atoms with Crippen molar-refractivity contribution in [1.82, 2.24) is 10.6 Å². The van der Waals surface area contributed by atoms with E-state index in [4.69, 9.17) is 33.9 Å². The Hall–Kier alpha value is -0.620. The molecule has 0 radical (unpaired) electrons. The Bertz CT molecular complexity index is 384. The molecule has 0 aromatic rings. The first-order chi connectivity index (χ1) is 14.6. The maximum Gasteiger partial charge on any atom is 0.256 e. The maximum absolute atomic E-state index is 5.72. The van der Waals surface area contributed by atoms with Crippen LogP contribution in [0.3, 0.4) is 0 Å². The third kappa shape index (κ3) is 18.2. The van der Waals surface area contributed by atoms with E-state index in [0.717, 1.165) is 52.0 Å². The molecule has 0 saturated carbocycles. The van der Waals surface area contributed by atoms with Crippen LogP contribution in [-0.2, 0) is 9.47 Å². The molecule has 0 heterocycles. The quantitative estimate of drug-likeness (QED) is 0.164. The molecule has 0 fully saturated rings. The first-order valence-electron chi connectivity index (χ1n) is 12.4. The fraction of sp³-hybridized carbons (Fsp3) is 0.917. The summed E-state index contributed by atoms with van der Waals surface area (Å²) in [6.07, 6.45) is 14.4. The van der Waals surface area contributed by atoms with Gasteiger partial charge in [-0.1, -0.05) is 79.1 Å². The fourth-order valence-corrected chi connectivity index (χ4v) is 3.61. The minimum atomic E-state index is 0.554. The van der Waals surface area contributed by atoms with Gasteiger partial charge in [0.25, 0.3) is 10.3 Å². The average Bonchev–Trinajstić information content (AvgIpc) is 2.75. The molecule has 0 aliphatic rings. The minimum Gasteiger partial charge on any atom is -0.471 e. The van der Waals surface area contributed by atoms with Gasteiger partial charge in [0.1, 0.15) is 0 Å². The highest BCUT2D eigenvalue weighted by molar-refractivity contribution is 7.80. The standard InChI is InChI=1S/C24H48N2O2S2/c1-5-9-15-21(7-3)19-27-23(29)25-17-13-11-12-14-18-26-24(30)28-20-22(8-4)16-10-6-2/h21-22H,5-20H2,1-4H3,(H,25,29)(H,26,30). The molecule has 0 aliphatic carbocycles. The van der Waals surface area contributed by atoms with E-state index >= 15 is 0 Å². The van der Waals surface area contributed by atoms with Crippen molar-refractivity contribution in [2.45, 2.75) is 105 Å². The lowest BCUT2D eigenvalue weighted by Gasteiger charge is -2.17. The van der Waals surface area contributed by atoms with Gasteiger partial charge in [-0.3, -0.25) is 0 Å². The number of nitrogens with one attached hydrogen (secondary N) is 2. The molecule has 30 heavy (non-hydrogen) atoms. The molecular weight excluding hydrogens is 412 g/mol. The van der Waals surface area contributed by atoms with Crippen LogP contribution in [-0.4, -0.2) is 36.7 Å². The summed E-state index contributed by atoms with van der Waals surface area (Å²) in [5.41, 5.74) is 0. The molecule has 2 atom stereocenters. The van der Waals surface area contributed by atoms with Crippen LogP contribution in [0.2, 0.25) is 0 Å². The Morgan fingerprint density at radius 1 is 0.633 bits per heavy atom. The summed E-state index contributed by atoms with van der Waals surface area (Å²) in [5, 5.41) is 7.56. The summed E-state index contributed by atoms with van der Waals surface area (Å²) < 4.78 is 11.4. The van der Waals surface area contributed by atoms with Gasteiger partial charge in [0.05, 0.1) is 13.2 Å². The van der Waals surface area contributed by atoms with E-state index < -0.39 is 0 Å². The van der Waals surface area contributed by atoms with Crippen LogP contribution in [0.25, 0.3) is 0 Å². The van der Waals surface area contributed by atoms with Gasteiger partial charge < -0.3 is 20.1 Å². The van der Waals surface area contributed by atoms with Crippen molar-refractivity contribution < 1.29 is 9.47 Å². The van der Waals surface area contributed by atoms with Gasteiger partial charge in [0.15, 0.2) is 0 Å². The molecule has 0 saturated heterocycles. The Kier molecular flexibility index (Phi) is 21.2. The van der Waals surface area contributed by atoms with E-state index in [-0.39, 0.29) is 0 Å². The third-order valence-electron chi connectivity index (χ3n) is 5.63. The van der Waals surface area contributed by atoms with E-state index in [1.54, 1.807) is 0 Å². The molecule has 2 unspecified atom stereocenters. The van der Waals surface area contributed by atoms with Crippen LogP contribution in [0.15, 0.2) is 0 Å². The molecule has 178 valence electrons. The average molecular weight is 461 g/mol.